The van der Waals surface area contributed by atoms with Crippen molar-refractivity contribution in [2.24, 2.45) is 11.7 Å². The van der Waals surface area contributed by atoms with E-state index in [0.717, 1.165) is 0 Å². The van der Waals surface area contributed by atoms with E-state index in [4.69, 9.17) is 10.8 Å². The van der Waals surface area contributed by atoms with Crippen LogP contribution in [0.4, 0.5) is 0 Å². The van der Waals surface area contributed by atoms with Crippen LogP contribution in [0.1, 0.15) is 13.8 Å². The molecule has 0 rings (SSSR count). The fourth-order valence-corrected chi connectivity index (χ4v) is 0.285. The molecule has 9 heavy (non-hydrogen) atoms. The van der Waals surface area contributed by atoms with Gasteiger partial charge < -0.3 is 10.8 Å². The van der Waals surface area contributed by atoms with Gasteiger partial charge in [-0.3, -0.25) is 4.79 Å². The first kappa shape index (κ1) is 11.3. The lowest BCUT2D eigenvalue weighted by molar-refractivity contribution is -0.139. The first-order valence-corrected chi connectivity index (χ1v) is 2.54. The molecule has 0 aromatic heterocycles. The minimum Gasteiger partial charge on any atom is -0.480 e. The van der Waals surface area contributed by atoms with Crippen molar-refractivity contribution < 1.29 is 9.90 Å². The number of carboxylic acid groups (broad SMARTS) is 1. The third kappa shape index (κ3) is 4.03. The lowest BCUT2D eigenvalue weighted by Crippen LogP contribution is -2.34. The van der Waals surface area contributed by atoms with Crippen molar-refractivity contribution in [3.63, 3.8) is 0 Å². The Balaban J connectivity index is 0. The van der Waals surface area contributed by atoms with Gasteiger partial charge in [0.05, 0.1) is 0 Å². The number of aliphatic carboxylic acids is 1. The Labute approximate surface area is 56.8 Å². The second-order valence-electron chi connectivity index (χ2n) is 2.11. The van der Waals surface area contributed by atoms with Gasteiger partial charge in [0.1, 0.15) is 6.04 Å². The fraction of sp³-hybridized carbons (Fsp3) is 0.800. The molecule has 0 saturated heterocycles. The monoisotopic (exact) mass is 128 g/mol. The van der Waals surface area contributed by atoms with Gasteiger partial charge in [0, 0.05) is 8.41 Å². The number of nitrogens with two attached hydrogens (primary N) is 1. The Hall–Kier alpha value is -0.505. The molecule has 0 aromatic rings. The van der Waals surface area contributed by atoms with Crippen LogP contribution in [0.2, 0.25) is 0 Å². The standard InChI is InChI=1S/C5H11NO2.B/c1-3(2)4(6)5(7)8;/h3-4H,6H2,1-2H3,(H,7,8);. The quantitative estimate of drug-likeness (QED) is 0.500. The largest absolute Gasteiger partial charge is 0.480 e. The summed E-state index contributed by atoms with van der Waals surface area (Å²) in [6.07, 6.45) is 0. The molecule has 0 spiro atoms. The summed E-state index contributed by atoms with van der Waals surface area (Å²) in [6.45, 7) is 3.55. The molecule has 0 aliphatic rings. The van der Waals surface area contributed by atoms with Gasteiger partial charge in [-0.15, -0.1) is 0 Å². The van der Waals surface area contributed by atoms with Crippen LogP contribution in [-0.2, 0) is 4.79 Å². The van der Waals surface area contributed by atoms with E-state index in [1.54, 1.807) is 13.8 Å². The molecule has 0 aliphatic heterocycles. The third-order valence-electron chi connectivity index (χ3n) is 1.00. The molecule has 1 atom stereocenters. The maximum absolute atomic E-state index is 10.0. The smallest absolute Gasteiger partial charge is 0.320 e. The molecule has 0 fully saturated rings. The van der Waals surface area contributed by atoms with Gasteiger partial charge in [-0.25, -0.2) is 0 Å². The number of carboxylic acids is 1. The van der Waals surface area contributed by atoms with Crippen LogP contribution in [0.3, 0.4) is 0 Å². The SMILES string of the molecule is CC(C)C(N)C(=O)O.[B]. The van der Waals surface area contributed by atoms with E-state index in [2.05, 4.69) is 0 Å². The zero-order chi connectivity index (χ0) is 6.73. The van der Waals surface area contributed by atoms with Crippen molar-refractivity contribution in [2.45, 2.75) is 19.9 Å². The van der Waals surface area contributed by atoms with Crippen LogP contribution in [0.25, 0.3) is 0 Å². The summed E-state index contributed by atoms with van der Waals surface area (Å²) >= 11 is 0. The minimum atomic E-state index is -0.931. The lowest BCUT2D eigenvalue weighted by Gasteiger charge is -2.07. The van der Waals surface area contributed by atoms with Crippen LogP contribution in [0, 0.1) is 5.92 Å². The second-order valence-corrected chi connectivity index (χ2v) is 2.11. The summed E-state index contributed by atoms with van der Waals surface area (Å²) in [6, 6.07) is -0.713. The van der Waals surface area contributed by atoms with Gasteiger partial charge in [0.2, 0.25) is 0 Å². The molecule has 3 radical (unpaired) electrons. The molecule has 4 heteroatoms. The fourth-order valence-electron chi connectivity index (χ4n) is 0.285. The maximum Gasteiger partial charge on any atom is 0.320 e. The van der Waals surface area contributed by atoms with Crippen molar-refractivity contribution in [2.75, 3.05) is 0 Å². The summed E-state index contributed by atoms with van der Waals surface area (Å²) in [5.41, 5.74) is 5.16. The Morgan fingerprint density at radius 2 is 1.89 bits per heavy atom. The summed E-state index contributed by atoms with van der Waals surface area (Å²) in [5, 5.41) is 8.23. The van der Waals surface area contributed by atoms with Gasteiger partial charge in [-0.05, 0) is 5.92 Å². The van der Waals surface area contributed by atoms with E-state index >= 15 is 0 Å². The van der Waals surface area contributed by atoms with E-state index in [1.807, 2.05) is 0 Å². The van der Waals surface area contributed by atoms with Gasteiger partial charge in [0.25, 0.3) is 0 Å². The molecule has 1 unspecified atom stereocenters. The Morgan fingerprint density at radius 1 is 1.56 bits per heavy atom. The molecule has 0 bridgehead atoms. The highest BCUT2D eigenvalue weighted by Crippen LogP contribution is 1.96. The predicted octanol–water partition coefficient (Wildman–Crippen LogP) is -0.327. The highest BCUT2D eigenvalue weighted by molar-refractivity contribution is 5.75. The van der Waals surface area contributed by atoms with E-state index in [-0.39, 0.29) is 14.3 Å². The van der Waals surface area contributed by atoms with Gasteiger partial charge in [0.15, 0.2) is 0 Å². The first-order valence-electron chi connectivity index (χ1n) is 2.54. The molecular formula is C5H11BNO2. The maximum atomic E-state index is 10.0. The number of rotatable bonds is 2. The molecule has 3 nitrogen and oxygen atoms in total. The number of hydrogen-bond donors (Lipinski definition) is 2. The molecule has 51 valence electrons. The lowest BCUT2D eigenvalue weighted by atomic mass is 10.1. The van der Waals surface area contributed by atoms with Crippen molar-refractivity contribution >= 4 is 14.4 Å². The van der Waals surface area contributed by atoms with Crippen LogP contribution in [0.5, 0.6) is 0 Å². The summed E-state index contributed by atoms with van der Waals surface area (Å²) in [5.74, 6) is -0.910. The molecule has 0 saturated carbocycles. The topological polar surface area (TPSA) is 63.3 Å². The average Bonchev–Trinajstić information content (AvgIpc) is 1.64. The first-order chi connectivity index (χ1) is 3.55. The molecule has 0 amide bonds. The van der Waals surface area contributed by atoms with E-state index in [0.29, 0.717) is 0 Å². The highest BCUT2D eigenvalue weighted by Gasteiger charge is 2.14. The Kier molecular flexibility index (Phi) is 5.51. The Bertz CT molecular complexity index is 95.0. The number of carbonyl (C=O) groups is 1. The molecule has 0 heterocycles. The minimum absolute atomic E-state index is 0. The molecule has 3 N–H and O–H groups in total. The molecule has 0 aliphatic carbocycles. The molecule has 0 aromatic carbocycles. The van der Waals surface area contributed by atoms with Crippen LogP contribution in [0.15, 0.2) is 0 Å². The van der Waals surface area contributed by atoms with Crippen molar-refractivity contribution in [1.29, 1.82) is 0 Å². The second kappa shape index (κ2) is 4.38. The van der Waals surface area contributed by atoms with Crippen LogP contribution >= 0.6 is 0 Å². The molecular weight excluding hydrogens is 117 g/mol. The van der Waals surface area contributed by atoms with Gasteiger partial charge in [-0.1, -0.05) is 13.8 Å². The zero-order valence-electron chi connectivity index (χ0n) is 5.66. The summed E-state index contributed by atoms with van der Waals surface area (Å²) in [7, 11) is 0. The van der Waals surface area contributed by atoms with Crippen molar-refractivity contribution in [3.05, 3.63) is 0 Å². The average molecular weight is 128 g/mol. The van der Waals surface area contributed by atoms with E-state index < -0.39 is 12.0 Å². The summed E-state index contributed by atoms with van der Waals surface area (Å²) in [4.78, 5) is 10.0. The van der Waals surface area contributed by atoms with Crippen LogP contribution < -0.4 is 5.73 Å². The van der Waals surface area contributed by atoms with Crippen molar-refractivity contribution in [3.8, 4) is 0 Å². The van der Waals surface area contributed by atoms with E-state index in [1.165, 1.54) is 0 Å². The summed E-state index contributed by atoms with van der Waals surface area (Å²) < 4.78 is 0. The predicted molar refractivity (Wildman–Crippen MR) is 36.2 cm³/mol. The van der Waals surface area contributed by atoms with Gasteiger partial charge in [-0.2, -0.15) is 0 Å². The van der Waals surface area contributed by atoms with Crippen molar-refractivity contribution in [1.82, 2.24) is 0 Å². The Morgan fingerprint density at radius 3 is 1.89 bits per heavy atom. The van der Waals surface area contributed by atoms with Crippen LogP contribution in [-0.4, -0.2) is 25.5 Å². The van der Waals surface area contributed by atoms with Gasteiger partial charge >= 0.3 is 5.97 Å². The van der Waals surface area contributed by atoms with E-state index in [9.17, 15) is 4.79 Å². The highest BCUT2D eigenvalue weighted by atomic mass is 16.4. The number of hydrogen-bond acceptors (Lipinski definition) is 2. The normalized spacial score (nSPS) is 12.4. The third-order valence-corrected chi connectivity index (χ3v) is 1.00. The zero-order valence-corrected chi connectivity index (χ0v) is 5.66.